The van der Waals surface area contributed by atoms with E-state index in [0.29, 0.717) is 90.4 Å². The summed E-state index contributed by atoms with van der Waals surface area (Å²) in [5.74, 6) is -1.36. The Hall–Kier alpha value is -15.5. The third kappa shape index (κ3) is 14.8. The number of hydrogen-bond acceptors (Lipinski definition) is 18. The second-order valence-corrected chi connectivity index (χ2v) is 24.9. The summed E-state index contributed by atoms with van der Waals surface area (Å²) in [6, 6.07) is 67.5. The number of carbonyl (C=O) groups excluding carboxylic acids is 10. The first-order valence-electron chi connectivity index (χ1n) is 33.7. The summed E-state index contributed by atoms with van der Waals surface area (Å²) in [6.45, 7) is 1.82. The maximum absolute atomic E-state index is 12.7. The van der Waals surface area contributed by atoms with E-state index in [1.165, 1.54) is 45.5 Å². The molecule has 0 saturated heterocycles. The van der Waals surface area contributed by atoms with Crippen molar-refractivity contribution < 1.29 is 79.5 Å². The molecule has 26 heteroatoms. The molecule has 10 amide bonds. The van der Waals surface area contributed by atoms with Crippen molar-refractivity contribution in [3.63, 3.8) is 0 Å². The molecule has 17 rings (SSSR count). The van der Waals surface area contributed by atoms with Crippen LogP contribution in [0.5, 0.6) is 11.5 Å². The molecule has 0 saturated carbocycles. The molecule has 2 aliphatic heterocycles. The smallest absolute Gasteiger partial charge is 0.291 e. The van der Waals surface area contributed by atoms with E-state index >= 15 is 0 Å². The molecule has 26 nitrogen and oxygen atoms in total. The number of furan rings is 4. The highest BCUT2D eigenvalue weighted by Gasteiger charge is 2.35. The molecule has 0 atom stereocenters. The molecule has 110 heavy (non-hydrogen) atoms. The number of hydrogen-bond donors (Lipinski definition) is 6. The highest BCUT2D eigenvalue weighted by molar-refractivity contribution is 6.23. The van der Waals surface area contributed by atoms with Gasteiger partial charge in [0.2, 0.25) is 11.8 Å². The summed E-state index contributed by atoms with van der Waals surface area (Å²) in [5, 5.41) is 17.0. The van der Waals surface area contributed by atoms with E-state index in [0.717, 1.165) is 53.6 Å². The summed E-state index contributed by atoms with van der Waals surface area (Å²) >= 11 is 0. The average Bonchev–Trinajstić information content (AvgIpc) is 1.63. The van der Waals surface area contributed by atoms with Crippen LogP contribution in [0.2, 0.25) is 0 Å². The number of imide groups is 2. The van der Waals surface area contributed by atoms with Gasteiger partial charge in [-0.15, -0.1) is 0 Å². The number of benzene rings is 10. The van der Waals surface area contributed by atoms with Gasteiger partial charge in [-0.3, -0.25) is 57.7 Å². The lowest BCUT2D eigenvalue weighted by molar-refractivity contribution is 0.0678. The van der Waals surface area contributed by atoms with Crippen LogP contribution in [0.3, 0.4) is 0 Å². The fourth-order valence-corrected chi connectivity index (χ4v) is 12.0. The van der Waals surface area contributed by atoms with Crippen LogP contribution in [0.15, 0.2) is 259 Å². The van der Waals surface area contributed by atoms with Gasteiger partial charge in [0.25, 0.3) is 53.2 Å². The number of oxazole rings is 1. The second kappa shape index (κ2) is 30.3. The lowest BCUT2D eigenvalue weighted by Gasteiger charge is -2.07. The first-order chi connectivity index (χ1) is 53.1. The van der Waals surface area contributed by atoms with Crippen LogP contribution in [0, 0.1) is 6.92 Å². The molecule has 0 spiro atoms. The number of fused-ring (bicyclic) bond motifs is 7. The lowest BCUT2D eigenvalue weighted by atomic mass is 10.1. The summed E-state index contributed by atoms with van der Waals surface area (Å²) in [7, 11) is 5.96. The standard InChI is InChI=1S/C29H19N3O4.C19H14N2O5.C18H12N2O4.C18H16N2O4/c33-27(30-21-15-11-19(12-16-21)29-32-23-6-2-4-8-25(23)36-29)18-9-13-22(14-10-18)31-28(34)26-17-20-5-1-3-7-24(20)35-26;1-21-18(23)12-7-6-11(9-13(12)19(21)24)20-17(22)15-8-10-4-3-5-14(25-2)16(10)26-15;1-20-17(22)12-7-6-11(9-13(12)18(20)23)19-16(21)15-8-10-4-2-3-5-14(10)24-15;1-10-14-9-13(23-2)7-8-15(14)24-16(10)18(22)20-12-5-3-11(4-6-12)17(19)21/h1-17H,(H,30,33)(H,31,34);3-9H,1-2H3,(H,20,22);2-9H,1H3,(H,19,21);3-9H,1-2H3,(H2,19,21)(H,20,22). The van der Waals surface area contributed by atoms with Gasteiger partial charge in [-0.25, -0.2) is 4.98 Å². The number of aryl methyl sites for hydroxylation is 1. The number of carbonyl (C=O) groups is 10. The Labute approximate surface area is 622 Å². The lowest BCUT2D eigenvalue weighted by Crippen LogP contribution is -2.24. The zero-order valence-corrected chi connectivity index (χ0v) is 58.9. The van der Waals surface area contributed by atoms with E-state index in [4.69, 9.17) is 37.3 Å². The molecular weight excluding hydrogens is 1410 g/mol. The topological polar surface area (TPSA) is 360 Å². The molecule has 15 aromatic rings. The van der Waals surface area contributed by atoms with Crippen molar-refractivity contribution in [2.24, 2.45) is 5.73 Å². The van der Waals surface area contributed by atoms with Gasteiger partial charge in [-0.1, -0.05) is 60.7 Å². The first-order valence-corrected chi connectivity index (χ1v) is 33.7. The number of anilines is 5. The summed E-state index contributed by atoms with van der Waals surface area (Å²) in [4.78, 5) is 128. The Bertz CT molecular complexity index is 6130. The van der Waals surface area contributed by atoms with Crippen LogP contribution in [0.4, 0.5) is 28.4 Å². The number of nitrogens with one attached hydrogen (secondary N) is 5. The van der Waals surface area contributed by atoms with Crippen molar-refractivity contribution in [2.75, 3.05) is 54.9 Å². The van der Waals surface area contributed by atoms with Gasteiger partial charge in [0.1, 0.15) is 28.0 Å². The van der Waals surface area contributed by atoms with Gasteiger partial charge in [0.15, 0.2) is 40.0 Å². The molecule has 0 bridgehead atoms. The largest absolute Gasteiger partial charge is 0.497 e. The van der Waals surface area contributed by atoms with Crippen LogP contribution < -0.4 is 41.8 Å². The van der Waals surface area contributed by atoms with Crippen LogP contribution >= 0.6 is 0 Å². The number of amides is 10. The van der Waals surface area contributed by atoms with Crippen molar-refractivity contribution in [1.82, 2.24) is 14.8 Å². The van der Waals surface area contributed by atoms with Crippen LogP contribution in [0.25, 0.3) is 66.4 Å². The van der Waals surface area contributed by atoms with E-state index in [2.05, 4.69) is 31.6 Å². The molecule has 2 aliphatic rings. The van der Waals surface area contributed by atoms with Gasteiger partial charge in [0.05, 0.1) is 36.5 Å². The van der Waals surface area contributed by atoms with E-state index in [9.17, 15) is 47.9 Å². The zero-order chi connectivity index (χ0) is 77.0. The third-order valence-corrected chi connectivity index (χ3v) is 17.8. The molecule has 7 heterocycles. The molecular formula is C84H61N9O17. The van der Waals surface area contributed by atoms with Gasteiger partial charge in [0, 0.05) is 86.3 Å². The molecule has 7 N–H and O–H groups in total. The van der Waals surface area contributed by atoms with E-state index < -0.39 is 23.6 Å². The number of aromatic nitrogens is 1. The number of methoxy groups -OCH3 is 2. The predicted octanol–water partition coefficient (Wildman–Crippen LogP) is 15.7. The molecule has 544 valence electrons. The summed E-state index contributed by atoms with van der Waals surface area (Å²) < 4.78 is 38.6. The monoisotopic (exact) mass is 1470 g/mol. The van der Waals surface area contributed by atoms with Crippen molar-refractivity contribution in [3.8, 4) is 23.0 Å². The second-order valence-electron chi connectivity index (χ2n) is 24.9. The maximum Gasteiger partial charge on any atom is 0.291 e. The molecule has 10 aromatic carbocycles. The fourth-order valence-electron chi connectivity index (χ4n) is 12.0. The number of para-hydroxylation sites is 5. The van der Waals surface area contributed by atoms with Crippen molar-refractivity contribution in [1.29, 1.82) is 0 Å². The van der Waals surface area contributed by atoms with Crippen LogP contribution in [-0.4, -0.2) is 102 Å². The van der Waals surface area contributed by atoms with Gasteiger partial charge >= 0.3 is 0 Å². The summed E-state index contributed by atoms with van der Waals surface area (Å²) in [5.41, 5.74) is 15.2. The SMILES string of the molecule is CN1C(=O)c2ccc(NC(=O)c3cc4ccccc4o3)cc2C1=O.COc1ccc2oc(C(=O)Nc3ccc(C(N)=O)cc3)c(C)c2c1.COc1cccc2cc(C(=O)Nc3ccc4c(c3)C(=O)N(C)C4=O)oc12.O=C(Nc1ccc(-c2nc3ccccc3o2)cc1)c1ccc(NC(=O)c2cc3ccccc3o2)cc1. The molecule has 5 aromatic heterocycles. The van der Waals surface area contributed by atoms with Crippen molar-refractivity contribution in [2.45, 2.75) is 6.92 Å². The average molecular weight is 1470 g/mol. The number of rotatable bonds is 14. The normalized spacial score (nSPS) is 12.0. The first kappa shape index (κ1) is 71.5. The van der Waals surface area contributed by atoms with Gasteiger partial charge < -0.3 is 63.9 Å². The maximum atomic E-state index is 12.7. The predicted molar refractivity (Wildman–Crippen MR) is 409 cm³/mol. The van der Waals surface area contributed by atoms with Gasteiger partial charge in [-0.05, 0) is 183 Å². The van der Waals surface area contributed by atoms with Crippen molar-refractivity contribution in [3.05, 3.63) is 299 Å². The number of nitrogens with two attached hydrogens (primary N) is 1. The van der Waals surface area contributed by atoms with Crippen LogP contribution in [0.1, 0.15) is 110 Å². The fraction of sp³-hybridized carbons (Fsp3) is 0.0595. The van der Waals surface area contributed by atoms with Gasteiger partial charge in [-0.2, -0.15) is 0 Å². The van der Waals surface area contributed by atoms with E-state index in [1.54, 1.807) is 128 Å². The van der Waals surface area contributed by atoms with Crippen molar-refractivity contribution >= 4 is 142 Å². The highest BCUT2D eigenvalue weighted by Crippen LogP contribution is 2.34. The Morgan fingerprint density at radius 3 is 1.37 bits per heavy atom. The molecule has 0 radical (unpaired) electrons. The quantitative estimate of drug-likeness (QED) is 0.0551. The Morgan fingerprint density at radius 2 is 0.845 bits per heavy atom. The Balaban J connectivity index is 0.000000124. The Kier molecular flexibility index (Phi) is 19.7. The van der Waals surface area contributed by atoms with E-state index in [1.807, 2.05) is 97.9 Å². The highest BCUT2D eigenvalue weighted by atomic mass is 16.5. The third-order valence-electron chi connectivity index (χ3n) is 17.8. The molecule has 0 unspecified atom stereocenters. The zero-order valence-electron chi connectivity index (χ0n) is 58.9. The number of primary amides is 1. The van der Waals surface area contributed by atoms with E-state index in [-0.39, 0.29) is 69.6 Å². The minimum absolute atomic E-state index is 0.115. The number of nitrogens with zero attached hydrogens (tertiary/aromatic N) is 3. The molecule has 0 fully saturated rings. The number of ether oxygens (including phenoxy) is 2. The van der Waals surface area contributed by atoms with Crippen LogP contribution in [-0.2, 0) is 0 Å². The molecule has 0 aliphatic carbocycles. The minimum Gasteiger partial charge on any atom is -0.497 e. The minimum atomic E-state index is -0.519. The summed E-state index contributed by atoms with van der Waals surface area (Å²) in [6.07, 6.45) is 0. The Morgan fingerprint density at radius 1 is 0.391 bits per heavy atom.